The molecule has 0 atom stereocenters. The second-order valence-electron chi connectivity index (χ2n) is 2.60. The summed E-state index contributed by atoms with van der Waals surface area (Å²) in [5, 5.41) is 8.56. The Kier molecular flexibility index (Phi) is 3.28. The van der Waals surface area contributed by atoms with Crippen LogP contribution in [0.4, 0.5) is 4.39 Å². The van der Waals surface area contributed by atoms with E-state index in [2.05, 4.69) is 6.07 Å². The summed E-state index contributed by atoms with van der Waals surface area (Å²) in [5.41, 5.74) is 1.68. The molecule has 1 aromatic rings. The normalized spacial score (nSPS) is 9.33. The van der Waals surface area contributed by atoms with Gasteiger partial charge in [0, 0.05) is 0 Å². The van der Waals surface area contributed by atoms with Crippen molar-refractivity contribution in [2.75, 3.05) is 6.67 Å². The van der Waals surface area contributed by atoms with E-state index in [1.807, 2.05) is 12.1 Å². The number of nitrogens with zero attached hydrogens (tertiary/aromatic N) is 1. The molecule has 0 amide bonds. The summed E-state index contributed by atoms with van der Waals surface area (Å²) in [6, 6.07) is 9.34. The van der Waals surface area contributed by atoms with Crippen LogP contribution in [0.3, 0.4) is 0 Å². The highest BCUT2D eigenvalue weighted by Gasteiger charge is 1.94. The lowest BCUT2D eigenvalue weighted by molar-refractivity contribution is 0.473. The van der Waals surface area contributed by atoms with Crippen LogP contribution in [0.15, 0.2) is 24.3 Å². The van der Waals surface area contributed by atoms with Crippen molar-refractivity contribution in [2.24, 2.45) is 0 Å². The van der Waals surface area contributed by atoms with Crippen LogP contribution in [0.25, 0.3) is 0 Å². The highest BCUT2D eigenvalue weighted by Crippen LogP contribution is 2.06. The molecule has 0 heterocycles. The maximum absolute atomic E-state index is 11.8. The Morgan fingerprint density at radius 3 is 2.92 bits per heavy atom. The lowest BCUT2D eigenvalue weighted by atomic mass is 10.1. The highest BCUT2D eigenvalue weighted by atomic mass is 19.1. The van der Waals surface area contributed by atoms with Crippen molar-refractivity contribution in [3.63, 3.8) is 0 Å². The van der Waals surface area contributed by atoms with E-state index >= 15 is 0 Å². The second-order valence-corrected chi connectivity index (χ2v) is 2.60. The number of hydrogen-bond acceptors (Lipinski definition) is 1. The number of aryl methyl sites for hydroxylation is 1. The largest absolute Gasteiger partial charge is 0.251 e. The van der Waals surface area contributed by atoms with E-state index in [9.17, 15) is 4.39 Å². The predicted octanol–water partition coefficient (Wildman–Crippen LogP) is 2.46. The number of benzene rings is 1. The molecule has 0 saturated carbocycles. The van der Waals surface area contributed by atoms with E-state index in [1.165, 1.54) is 0 Å². The second kappa shape index (κ2) is 4.50. The van der Waals surface area contributed by atoms with Crippen molar-refractivity contribution < 1.29 is 4.39 Å². The molecule has 0 aliphatic carbocycles. The van der Waals surface area contributed by atoms with Crippen LogP contribution in [0.5, 0.6) is 0 Å². The van der Waals surface area contributed by atoms with Gasteiger partial charge in [-0.3, -0.25) is 4.39 Å². The summed E-state index contributed by atoms with van der Waals surface area (Å²) >= 11 is 0. The van der Waals surface area contributed by atoms with Gasteiger partial charge in [0.1, 0.15) is 0 Å². The Bertz CT molecular complexity index is 288. The van der Waals surface area contributed by atoms with Gasteiger partial charge in [0.2, 0.25) is 0 Å². The Morgan fingerprint density at radius 2 is 2.25 bits per heavy atom. The molecule has 0 radical (unpaired) electrons. The van der Waals surface area contributed by atoms with Crippen LogP contribution in [-0.2, 0) is 6.42 Å². The van der Waals surface area contributed by atoms with Crippen LogP contribution in [0, 0.1) is 11.3 Å². The Hall–Kier alpha value is -1.36. The molecule has 0 aromatic heterocycles. The van der Waals surface area contributed by atoms with Crippen molar-refractivity contribution in [1.82, 2.24) is 0 Å². The molecule has 62 valence electrons. The zero-order chi connectivity index (χ0) is 8.81. The van der Waals surface area contributed by atoms with Crippen LogP contribution in [0.1, 0.15) is 17.5 Å². The first kappa shape index (κ1) is 8.73. The molecule has 0 unspecified atom stereocenters. The van der Waals surface area contributed by atoms with Gasteiger partial charge in [0.05, 0.1) is 18.3 Å². The maximum atomic E-state index is 11.8. The van der Waals surface area contributed by atoms with Crippen LogP contribution >= 0.6 is 0 Å². The standard InChI is InChI=1S/C10H10FN/c11-6-2-5-9-3-1-4-10(7-9)8-12/h1,3-4,7H,2,5-6H2. The summed E-state index contributed by atoms with van der Waals surface area (Å²) in [7, 11) is 0. The first-order valence-electron chi connectivity index (χ1n) is 3.92. The molecule has 0 aliphatic heterocycles. The quantitative estimate of drug-likeness (QED) is 0.671. The monoisotopic (exact) mass is 163 g/mol. The molecule has 12 heavy (non-hydrogen) atoms. The highest BCUT2D eigenvalue weighted by molar-refractivity contribution is 5.32. The third-order valence-corrected chi connectivity index (χ3v) is 1.66. The van der Waals surface area contributed by atoms with Crippen molar-refractivity contribution >= 4 is 0 Å². The molecule has 0 fully saturated rings. The Labute approximate surface area is 71.4 Å². The van der Waals surface area contributed by atoms with Crippen molar-refractivity contribution in [2.45, 2.75) is 12.8 Å². The lowest BCUT2D eigenvalue weighted by Crippen LogP contribution is -1.87. The molecule has 0 bridgehead atoms. The average Bonchev–Trinajstić information content (AvgIpc) is 2.15. The van der Waals surface area contributed by atoms with Crippen molar-refractivity contribution in [3.05, 3.63) is 35.4 Å². The minimum Gasteiger partial charge on any atom is -0.251 e. The molecule has 1 rings (SSSR count). The molecule has 0 N–H and O–H groups in total. The molecule has 0 aliphatic rings. The van der Waals surface area contributed by atoms with Gasteiger partial charge < -0.3 is 0 Å². The zero-order valence-corrected chi connectivity index (χ0v) is 6.76. The fraction of sp³-hybridized carbons (Fsp3) is 0.300. The fourth-order valence-corrected chi connectivity index (χ4v) is 1.07. The van der Waals surface area contributed by atoms with E-state index in [1.54, 1.807) is 12.1 Å². The van der Waals surface area contributed by atoms with Crippen molar-refractivity contribution in [3.8, 4) is 6.07 Å². The number of hydrogen-bond donors (Lipinski definition) is 0. The first-order chi connectivity index (χ1) is 5.86. The Balaban J connectivity index is 2.68. The molecule has 1 aromatic carbocycles. The summed E-state index contributed by atoms with van der Waals surface area (Å²) in [5.74, 6) is 0. The van der Waals surface area contributed by atoms with Gasteiger partial charge in [-0.15, -0.1) is 0 Å². The van der Waals surface area contributed by atoms with Crippen LogP contribution in [-0.4, -0.2) is 6.67 Å². The van der Waals surface area contributed by atoms with Gasteiger partial charge in [-0.2, -0.15) is 5.26 Å². The van der Waals surface area contributed by atoms with Crippen LogP contribution in [0.2, 0.25) is 0 Å². The third kappa shape index (κ3) is 2.35. The topological polar surface area (TPSA) is 23.8 Å². The van der Waals surface area contributed by atoms with E-state index in [0.29, 0.717) is 18.4 Å². The minimum absolute atomic E-state index is 0.295. The number of halogens is 1. The molecular formula is C10H10FN. The number of nitriles is 1. The average molecular weight is 163 g/mol. The van der Waals surface area contributed by atoms with Gasteiger partial charge in [-0.25, -0.2) is 0 Å². The van der Waals surface area contributed by atoms with Crippen LogP contribution < -0.4 is 0 Å². The van der Waals surface area contributed by atoms with Crippen molar-refractivity contribution in [1.29, 1.82) is 5.26 Å². The van der Waals surface area contributed by atoms with E-state index in [4.69, 9.17) is 5.26 Å². The van der Waals surface area contributed by atoms with Gasteiger partial charge >= 0.3 is 0 Å². The van der Waals surface area contributed by atoms with Gasteiger partial charge in [-0.05, 0) is 30.5 Å². The van der Waals surface area contributed by atoms with Gasteiger partial charge in [0.25, 0.3) is 0 Å². The summed E-state index contributed by atoms with van der Waals surface area (Å²) < 4.78 is 11.8. The first-order valence-corrected chi connectivity index (χ1v) is 3.92. The zero-order valence-electron chi connectivity index (χ0n) is 6.76. The summed E-state index contributed by atoms with van der Waals surface area (Å²) in [6.07, 6.45) is 1.25. The minimum atomic E-state index is -0.295. The van der Waals surface area contributed by atoms with E-state index < -0.39 is 0 Å². The predicted molar refractivity (Wildman–Crippen MR) is 45.5 cm³/mol. The maximum Gasteiger partial charge on any atom is 0.0991 e. The summed E-state index contributed by atoms with van der Waals surface area (Å²) in [4.78, 5) is 0. The van der Waals surface area contributed by atoms with Gasteiger partial charge in [0.15, 0.2) is 0 Å². The molecule has 1 nitrogen and oxygen atoms in total. The smallest absolute Gasteiger partial charge is 0.0991 e. The van der Waals surface area contributed by atoms with E-state index in [0.717, 1.165) is 5.56 Å². The number of rotatable bonds is 3. The molecular weight excluding hydrogens is 153 g/mol. The van der Waals surface area contributed by atoms with E-state index in [-0.39, 0.29) is 6.67 Å². The Morgan fingerprint density at radius 1 is 1.42 bits per heavy atom. The molecule has 0 spiro atoms. The van der Waals surface area contributed by atoms with Gasteiger partial charge in [-0.1, -0.05) is 12.1 Å². The summed E-state index contributed by atoms with van der Waals surface area (Å²) in [6.45, 7) is -0.295. The molecule has 0 saturated heterocycles. The number of alkyl halides is 1. The fourth-order valence-electron chi connectivity index (χ4n) is 1.07. The third-order valence-electron chi connectivity index (χ3n) is 1.66. The molecule has 2 heteroatoms. The lowest BCUT2D eigenvalue weighted by Gasteiger charge is -1.97. The SMILES string of the molecule is N#Cc1cccc(CCCF)c1.